The topological polar surface area (TPSA) is 77.2 Å². The van der Waals surface area contributed by atoms with Crippen molar-refractivity contribution in [1.29, 1.82) is 0 Å². The lowest BCUT2D eigenvalue weighted by molar-refractivity contribution is -0.147. The minimum absolute atomic E-state index is 0.0219. The van der Waals surface area contributed by atoms with Gasteiger partial charge in [-0.15, -0.1) is 5.10 Å². The van der Waals surface area contributed by atoms with Crippen LogP contribution in [-0.2, 0) is 29.4 Å². The zero-order valence-electron chi connectivity index (χ0n) is 15.4. The Hall–Kier alpha value is -2.35. The maximum atomic E-state index is 12.9. The van der Waals surface area contributed by atoms with Gasteiger partial charge in [0.15, 0.2) is 0 Å². The molecule has 0 spiro atoms. The Labute approximate surface area is 166 Å². The summed E-state index contributed by atoms with van der Waals surface area (Å²) in [7, 11) is -3.15. The fraction of sp³-hybridized carbons (Fsp3) is 0.500. The SMILES string of the molecule is Cn1c(C(F)(F)F)nn(C2CCN(S(=O)(=O)c3ccc(C(F)(F)F)cc3)CC2)c1=O. The number of piperidine rings is 1. The molecule has 7 nitrogen and oxygen atoms in total. The van der Waals surface area contributed by atoms with Crippen LogP contribution in [0.3, 0.4) is 0 Å². The number of sulfonamides is 1. The largest absolute Gasteiger partial charge is 0.451 e. The zero-order valence-corrected chi connectivity index (χ0v) is 16.2. The molecule has 30 heavy (non-hydrogen) atoms. The van der Waals surface area contributed by atoms with Crippen molar-refractivity contribution in [3.8, 4) is 0 Å². The van der Waals surface area contributed by atoms with Gasteiger partial charge < -0.3 is 0 Å². The Morgan fingerprint density at radius 3 is 1.93 bits per heavy atom. The fourth-order valence-electron chi connectivity index (χ4n) is 3.23. The summed E-state index contributed by atoms with van der Waals surface area (Å²) < 4.78 is 104. The molecule has 1 aromatic heterocycles. The van der Waals surface area contributed by atoms with Gasteiger partial charge in [-0.1, -0.05) is 0 Å². The second-order valence-electron chi connectivity index (χ2n) is 6.76. The normalized spacial score (nSPS) is 17.4. The molecule has 0 N–H and O–H groups in total. The number of alkyl halides is 6. The maximum absolute atomic E-state index is 12.9. The third-order valence-electron chi connectivity index (χ3n) is 4.85. The third kappa shape index (κ3) is 4.10. The molecule has 1 aliphatic heterocycles. The van der Waals surface area contributed by atoms with Gasteiger partial charge in [0, 0.05) is 20.1 Å². The molecule has 0 radical (unpaired) electrons. The van der Waals surface area contributed by atoms with E-state index in [4.69, 9.17) is 0 Å². The molecule has 2 aromatic rings. The molecular formula is C16H16F6N4O3S. The Bertz CT molecular complexity index is 1080. The standard InChI is InChI=1S/C16H16F6N4O3S/c1-24-13(16(20,21)22)23-26(14(24)27)11-6-8-25(9-7-11)30(28,29)12-4-2-10(3-5-12)15(17,18)19/h2-5,11H,6-9H2,1H3. The highest BCUT2D eigenvalue weighted by atomic mass is 32.2. The van der Waals surface area contributed by atoms with E-state index >= 15 is 0 Å². The van der Waals surface area contributed by atoms with E-state index in [0.29, 0.717) is 21.4 Å². The third-order valence-corrected chi connectivity index (χ3v) is 6.76. The molecule has 1 fully saturated rings. The molecule has 166 valence electrons. The second kappa shape index (κ2) is 7.41. The van der Waals surface area contributed by atoms with Crippen molar-refractivity contribution in [2.24, 2.45) is 7.05 Å². The van der Waals surface area contributed by atoms with Crippen LogP contribution in [0.2, 0.25) is 0 Å². The molecule has 3 rings (SSSR count). The molecule has 1 aromatic carbocycles. The van der Waals surface area contributed by atoms with Crippen LogP contribution in [0.1, 0.15) is 30.3 Å². The van der Waals surface area contributed by atoms with Gasteiger partial charge in [0.05, 0.1) is 16.5 Å². The van der Waals surface area contributed by atoms with Crippen molar-refractivity contribution in [3.05, 3.63) is 46.1 Å². The van der Waals surface area contributed by atoms with E-state index in [1.807, 2.05) is 0 Å². The van der Waals surface area contributed by atoms with Crippen molar-refractivity contribution in [1.82, 2.24) is 18.7 Å². The minimum atomic E-state index is -4.81. The van der Waals surface area contributed by atoms with Crippen LogP contribution in [0.15, 0.2) is 34.0 Å². The van der Waals surface area contributed by atoms with Crippen LogP contribution in [-0.4, -0.2) is 40.2 Å². The van der Waals surface area contributed by atoms with Crippen molar-refractivity contribution >= 4 is 10.0 Å². The Morgan fingerprint density at radius 2 is 1.50 bits per heavy atom. The highest BCUT2D eigenvalue weighted by Crippen LogP contribution is 2.32. The molecule has 1 aliphatic rings. The molecule has 14 heteroatoms. The summed E-state index contributed by atoms with van der Waals surface area (Å²) in [5.74, 6) is -1.35. The van der Waals surface area contributed by atoms with Gasteiger partial charge in [0.25, 0.3) is 0 Å². The number of halogens is 6. The molecule has 0 bridgehead atoms. The van der Waals surface area contributed by atoms with Gasteiger partial charge in [-0.3, -0.25) is 4.57 Å². The first-order chi connectivity index (χ1) is 13.7. The number of aromatic nitrogens is 3. The van der Waals surface area contributed by atoms with Crippen LogP contribution >= 0.6 is 0 Å². The summed E-state index contributed by atoms with van der Waals surface area (Å²) in [4.78, 5) is 11.8. The van der Waals surface area contributed by atoms with Gasteiger partial charge >= 0.3 is 18.0 Å². The average molecular weight is 458 g/mol. The molecule has 0 saturated carbocycles. The minimum Gasteiger partial charge on any atom is -0.274 e. The zero-order chi connectivity index (χ0) is 22.5. The lowest BCUT2D eigenvalue weighted by Crippen LogP contribution is -2.41. The van der Waals surface area contributed by atoms with Crippen LogP contribution in [0.25, 0.3) is 0 Å². The van der Waals surface area contributed by atoms with E-state index in [-0.39, 0.29) is 30.8 Å². The monoisotopic (exact) mass is 458 g/mol. The van der Waals surface area contributed by atoms with E-state index in [1.54, 1.807) is 0 Å². The summed E-state index contributed by atoms with van der Waals surface area (Å²) >= 11 is 0. The highest BCUT2D eigenvalue weighted by molar-refractivity contribution is 7.89. The van der Waals surface area contributed by atoms with Crippen molar-refractivity contribution in [3.63, 3.8) is 0 Å². The summed E-state index contributed by atoms with van der Waals surface area (Å²) in [6, 6.07) is 2.28. The second-order valence-corrected chi connectivity index (χ2v) is 8.70. The van der Waals surface area contributed by atoms with Gasteiger partial charge in [-0.05, 0) is 37.1 Å². The number of rotatable bonds is 3. The number of nitrogens with zero attached hydrogens (tertiary/aromatic N) is 4. The van der Waals surface area contributed by atoms with E-state index in [0.717, 1.165) is 23.5 Å². The Balaban J connectivity index is 1.76. The average Bonchev–Trinajstić information content (AvgIpc) is 2.96. The van der Waals surface area contributed by atoms with E-state index in [1.165, 1.54) is 0 Å². The molecular weight excluding hydrogens is 442 g/mol. The van der Waals surface area contributed by atoms with E-state index in [2.05, 4.69) is 5.10 Å². The fourth-order valence-corrected chi connectivity index (χ4v) is 4.70. The predicted octanol–water partition coefficient (Wildman–Crippen LogP) is 2.65. The van der Waals surface area contributed by atoms with Gasteiger partial charge in [-0.2, -0.15) is 30.6 Å². The summed E-state index contributed by atoms with van der Waals surface area (Å²) in [5.41, 5.74) is -1.96. The van der Waals surface area contributed by atoms with Crippen LogP contribution in [0.4, 0.5) is 26.3 Å². The maximum Gasteiger partial charge on any atom is 0.451 e. The summed E-state index contributed by atoms with van der Waals surface area (Å²) in [6.45, 7) is -0.253. The van der Waals surface area contributed by atoms with Gasteiger partial charge in [0.2, 0.25) is 15.8 Å². The Kier molecular flexibility index (Phi) is 5.52. The lowest BCUT2D eigenvalue weighted by Gasteiger charge is -2.30. The molecule has 0 aliphatic carbocycles. The summed E-state index contributed by atoms with van der Waals surface area (Å²) in [5, 5.41) is 3.35. The van der Waals surface area contributed by atoms with Crippen molar-refractivity contribution < 1.29 is 34.8 Å². The van der Waals surface area contributed by atoms with Crippen LogP contribution in [0.5, 0.6) is 0 Å². The molecule has 2 heterocycles. The predicted molar refractivity (Wildman–Crippen MR) is 90.9 cm³/mol. The quantitative estimate of drug-likeness (QED) is 0.663. The molecule has 0 amide bonds. The number of hydrogen-bond donors (Lipinski definition) is 0. The van der Waals surface area contributed by atoms with Crippen molar-refractivity contribution in [2.45, 2.75) is 36.1 Å². The Morgan fingerprint density at radius 1 is 0.967 bits per heavy atom. The number of benzene rings is 1. The smallest absolute Gasteiger partial charge is 0.274 e. The first kappa shape index (κ1) is 22.3. The first-order valence-corrected chi connectivity index (χ1v) is 10.1. The van der Waals surface area contributed by atoms with E-state index < -0.39 is 45.5 Å². The van der Waals surface area contributed by atoms with Crippen LogP contribution in [0, 0.1) is 0 Å². The first-order valence-electron chi connectivity index (χ1n) is 8.63. The van der Waals surface area contributed by atoms with Crippen molar-refractivity contribution in [2.75, 3.05) is 13.1 Å². The van der Waals surface area contributed by atoms with E-state index in [9.17, 15) is 39.6 Å². The highest BCUT2D eigenvalue weighted by Gasteiger charge is 2.40. The lowest BCUT2D eigenvalue weighted by atomic mass is 10.1. The molecule has 1 saturated heterocycles. The molecule has 0 atom stereocenters. The summed E-state index contributed by atoms with van der Waals surface area (Å²) in [6.07, 6.45) is -9.38. The molecule has 0 unspecified atom stereocenters. The van der Waals surface area contributed by atoms with Gasteiger partial charge in [-0.25, -0.2) is 17.9 Å². The van der Waals surface area contributed by atoms with Gasteiger partial charge in [0.1, 0.15) is 0 Å². The number of hydrogen-bond acceptors (Lipinski definition) is 4. The van der Waals surface area contributed by atoms with Crippen LogP contribution < -0.4 is 5.69 Å².